The third kappa shape index (κ3) is 3.20. The molecule has 0 amide bonds. The van der Waals surface area contributed by atoms with Crippen LogP contribution in [0.3, 0.4) is 0 Å². The first kappa shape index (κ1) is 20.4. The van der Waals surface area contributed by atoms with Crippen molar-refractivity contribution in [3.8, 4) is 0 Å². The van der Waals surface area contributed by atoms with E-state index in [1.54, 1.807) is 0 Å². The van der Waals surface area contributed by atoms with E-state index in [1.165, 1.54) is 42.2 Å². The van der Waals surface area contributed by atoms with Crippen LogP contribution < -0.4 is 0 Å². The Hall–Kier alpha value is -1.46. The van der Waals surface area contributed by atoms with Crippen LogP contribution in [0.15, 0.2) is 42.3 Å². The van der Waals surface area contributed by atoms with Crippen LogP contribution in [0.4, 0.5) is 0 Å². The Morgan fingerprint density at radius 2 is 1.87 bits per heavy atom. The van der Waals surface area contributed by atoms with Crippen LogP contribution in [-0.2, 0) is 14.3 Å². The molecule has 0 aromatic carbocycles. The molecule has 0 saturated heterocycles. The van der Waals surface area contributed by atoms with Crippen LogP contribution in [0.2, 0.25) is 0 Å². The van der Waals surface area contributed by atoms with Crippen LogP contribution in [0.25, 0.3) is 5.57 Å². The van der Waals surface area contributed by atoms with E-state index in [4.69, 9.17) is 4.18 Å². The van der Waals surface area contributed by atoms with E-state index in [2.05, 4.69) is 37.0 Å². The van der Waals surface area contributed by atoms with Gasteiger partial charge < -0.3 is 0 Å². The molecule has 0 unspecified atom stereocenters. The van der Waals surface area contributed by atoms with Crippen LogP contribution >= 0.6 is 0 Å². The van der Waals surface area contributed by atoms with Crippen molar-refractivity contribution in [2.45, 2.75) is 64.9 Å². The molecule has 4 aliphatic rings. The summed E-state index contributed by atoms with van der Waals surface area (Å²) in [4.78, 5) is 4.37. The summed E-state index contributed by atoms with van der Waals surface area (Å²) in [5.41, 5.74) is 4.67. The second kappa shape index (κ2) is 7.03. The van der Waals surface area contributed by atoms with Gasteiger partial charge in [-0.2, -0.15) is 8.42 Å². The standard InChI is InChI=1S/C25H33NO3S/c1-24-12-10-19(29-30(3,27)28)15-18(24)6-7-20-22-9-8-21(17-5-4-14-26-16-17)25(22,2)13-11-23(20)24/h4-6,8,14,16,19-20,22-23H,7,9-13,15H2,1-3H3/t19-,20+,22+,23+,24+,25-/m1/s1. The zero-order valence-electron chi connectivity index (χ0n) is 18.3. The van der Waals surface area contributed by atoms with E-state index < -0.39 is 10.1 Å². The zero-order valence-corrected chi connectivity index (χ0v) is 19.1. The maximum absolute atomic E-state index is 11.6. The lowest BCUT2D eigenvalue weighted by Gasteiger charge is -2.57. The fourth-order valence-electron chi connectivity index (χ4n) is 7.49. The molecule has 0 N–H and O–H groups in total. The Bertz CT molecular complexity index is 998. The van der Waals surface area contributed by atoms with Gasteiger partial charge in [0.15, 0.2) is 0 Å². The van der Waals surface area contributed by atoms with E-state index in [0.717, 1.165) is 25.7 Å². The summed E-state index contributed by atoms with van der Waals surface area (Å²) >= 11 is 0. The topological polar surface area (TPSA) is 56.3 Å². The van der Waals surface area contributed by atoms with Crippen molar-refractivity contribution in [1.82, 2.24) is 4.98 Å². The number of aromatic nitrogens is 1. The molecule has 1 aromatic rings. The first-order valence-corrected chi connectivity index (χ1v) is 13.2. The number of pyridine rings is 1. The maximum Gasteiger partial charge on any atom is 0.264 e. The Labute approximate surface area is 180 Å². The van der Waals surface area contributed by atoms with Crippen LogP contribution in [0.1, 0.15) is 64.4 Å². The van der Waals surface area contributed by atoms with E-state index in [9.17, 15) is 8.42 Å². The molecule has 0 radical (unpaired) electrons. The third-order valence-electron chi connectivity index (χ3n) is 8.92. The van der Waals surface area contributed by atoms with Gasteiger partial charge in [-0.15, -0.1) is 0 Å². The Morgan fingerprint density at radius 1 is 1.07 bits per heavy atom. The molecule has 0 spiro atoms. The minimum Gasteiger partial charge on any atom is -0.267 e. The molecular formula is C25H33NO3S. The van der Waals surface area contributed by atoms with Crippen molar-refractivity contribution in [1.29, 1.82) is 0 Å². The first-order valence-electron chi connectivity index (χ1n) is 11.4. The van der Waals surface area contributed by atoms with Gasteiger partial charge in [0.05, 0.1) is 12.4 Å². The highest BCUT2D eigenvalue weighted by Gasteiger charge is 2.57. The number of hydrogen-bond donors (Lipinski definition) is 0. The Morgan fingerprint density at radius 3 is 2.60 bits per heavy atom. The average Bonchev–Trinajstić information content (AvgIpc) is 3.05. The number of fused-ring (bicyclic) bond motifs is 5. The summed E-state index contributed by atoms with van der Waals surface area (Å²) in [5.74, 6) is 2.08. The van der Waals surface area contributed by atoms with Gasteiger partial charge in [0.1, 0.15) is 0 Å². The average molecular weight is 428 g/mol. The Balaban J connectivity index is 1.40. The van der Waals surface area contributed by atoms with Crippen molar-refractivity contribution in [3.05, 3.63) is 47.8 Å². The quantitative estimate of drug-likeness (QED) is 0.480. The van der Waals surface area contributed by atoms with E-state index >= 15 is 0 Å². The van der Waals surface area contributed by atoms with E-state index in [1.807, 2.05) is 18.5 Å². The van der Waals surface area contributed by atoms with E-state index in [-0.39, 0.29) is 16.9 Å². The summed E-state index contributed by atoms with van der Waals surface area (Å²) in [6.07, 6.45) is 17.2. The summed E-state index contributed by atoms with van der Waals surface area (Å²) in [7, 11) is -3.40. The predicted molar refractivity (Wildman–Crippen MR) is 119 cm³/mol. The number of rotatable bonds is 3. The number of allylic oxidation sites excluding steroid dienone is 3. The molecule has 6 atom stereocenters. The normalized spacial score (nSPS) is 40.6. The summed E-state index contributed by atoms with van der Waals surface area (Å²) in [5, 5.41) is 0. The van der Waals surface area contributed by atoms with Gasteiger partial charge in [-0.25, -0.2) is 0 Å². The van der Waals surface area contributed by atoms with Crippen molar-refractivity contribution in [3.63, 3.8) is 0 Å². The summed E-state index contributed by atoms with van der Waals surface area (Å²) in [6, 6.07) is 4.26. The van der Waals surface area contributed by atoms with Gasteiger partial charge >= 0.3 is 0 Å². The van der Waals surface area contributed by atoms with Gasteiger partial charge in [-0.1, -0.05) is 37.6 Å². The highest BCUT2D eigenvalue weighted by molar-refractivity contribution is 7.86. The predicted octanol–water partition coefficient (Wildman–Crippen LogP) is 5.38. The SMILES string of the molecule is C[C@]12CC[C@@H](OS(C)(=O)=O)CC1=CC[C@@H]1[C@@H]2CC[C@]2(C)C(c3cccnc3)=CC[C@@H]12. The molecule has 4 nitrogen and oxygen atoms in total. The molecule has 1 heterocycles. The lowest BCUT2D eigenvalue weighted by atomic mass is 9.47. The number of hydrogen-bond acceptors (Lipinski definition) is 4. The van der Waals surface area contributed by atoms with Gasteiger partial charge in [0.25, 0.3) is 10.1 Å². The minimum atomic E-state index is -3.40. The van der Waals surface area contributed by atoms with Crippen LogP contribution in [0.5, 0.6) is 0 Å². The van der Waals surface area contributed by atoms with E-state index in [0.29, 0.717) is 17.8 Å². The van der Waals surface area contributed by atoms with Gasteiger partial charge in [0.2, 0.25) is 0 Å². The lowest BCUT2D eigenvalue weighted by Crippen LogP contribution is -2.50. The molecule has 2 fully saturated rings. The van der Waals surface area contributed by atoms with Crippen LogP contribution in [0, 0.1) is 28.6 Å². The van der Waals surface area contributed by atoms with Gasteiger partial charge in [0, 0.05) is 12.4 Å². The van der Waals surface area contributed by atoms with Crippen molar-refractivity contribution >= 4 is 15.7 Å². The molecule has 2 saturated carbocycles. The summed E-state index contributed by atoms with van der Waals surface area (Å²) < 4.78 is 28.6. The fraction of sp³-hybridized carbons (Fsp3) is 0.640. The molecule has 4 aliphatic carbocycles. The molecule has 5 rings (SSSR count). The van der Waals surface area contributed by atoms with Crippen molar-refractivity contribution in [2.24, 2.45) is 28.6 Å². The van der Waals surface area contributed by atoms with Crippen LogP contribution in [-0.4, -0.2) is 25.8 Å². The molecular weight excluding hydrogens is 394 g/mol. The Kier molecular flexibility index (Phi) is 4.79. The molecule has 162 valence electrons. The van der Waals surface area contributed by atoms with Crippen molar-refractivity contribution < 1.29 is 12.6 Å². The highest BCUT2D eigenvalue weighted by atomic mass is 32.2. The smallest absolute Gasteiger partial charge is 0.264 e. The molecule has 5 heteroatoms. The summed E-state index contributed by atoms with van der Waals surface area (Å²) in [6.45, 7) is 4.93. The number of nitrogens with zero attached hydrogens (tertiary/aromatic N) is 1. The fourth-order valence-corrected chi connectivity index (χ4v) is 8.15. The second-order valence-corrected chi connectivity index (χ2v) is 12.1. The first-order chi connectivity index (χ1) is 14.2. The highest BCUT2D eigenvalue weighted by Crippen LogP contribution is 2.66. The van der Waals surface area contributed by atoms with Crippen molar-refractivity contribution in [2.75, 3.05) is 6.26 Å². The monoisotopic (exact) mass is 427 g/mol. The second-order valence-electron chi connectivity index (χ2n) is 10.5. The molecule has 1 aromatic heterocycles. The largest absolute Gasteiger partial charge is 0.267 e. The zero-order chi connectivity index (χ0) is 21.1. The third-order valence-corrected chi connectivity index (χ3v) is 9.54. The minimum absolute atomic E-state index is 0.185. The molecule has 0 aliphatic heterocycles. The van der Waals surface area contributed by atoms with Gasteiger partial charge in [-0.3, -0.25) is 9.17 Å². The lowest BCUT2D eigenvalue weighted by molar-refractivity contribution is -0.0205. The van der Waals surface area contributed by atoms with Gasteiger partial charge in [-0.05, 0) is 90.7 Å². The molecule has 30 heavy (non-hydrogen) atoms. The maximum atomic E-state index is 11.6. The molecule has 0 bridgehead atoms.